The van der Waals surface area contributed by atoms with Gasteiger partial charge in [-0.1, -0.05) is 0 Å². The molecule has 0 saturated heterocycles. The lowest BCUT2D eigenvalue weighted by Crippen LogP contribution is -2.34. The molecule has 4 nitrogen and oxygen atoms in total. The Balaban J connectivity index is 2.83. The molecule has 1 aromatic carbocycles. The third kappa shape index (κ3) is 2.38. The van der Waals surface area contributed by atoms with Crippen molar-refractivity contribution in [3.05, 3.63) is 29.8 Å². The van der Waals surface area contributed by atoms with Crippen LogP contribution < -0.4 is 16.6 Å². The summed E-state index contributed by atoms with van der Waals surface area (Å²) >= 11 is 0. The number of hydrogen-bond acceptors (Lipinski definition) is 2. The number of urea groups is 1. The van der Waals surface area contributed by atoms with Crippen LogP contribution in [0.3, 0.4) is 0 Å². The molecule has 0 fully saturated rings. The first kappa shape index (κ1) is 9.40. The first-order valence-corrected chi connectivity index (χ1v) is 3.36. The van der Waals surface area contributed by atoms with E-state index in [1.165, 1.54) is 0 Å². The third-order valence-electron chi connectivity index (χ3n) is 1.31. The van der Waals surface area contributed by atoms with E-state index in [-0.39, 0.29) is 5.69 Å². The maximum absolute atomic E-state index is 12.8. The minimum Gasteiger partial charge on any atom is -0.304 e. The summed E-state index contributed by atoms with van der Waals surface area (Å²) < 4.78 is 25.2. The molecule has 1 aromatic rings. The second-order valence-electron chi connectivity index (χ2n) is 2.22. The molecule has 70 valence electrons. The lowest BCUT2D eigenvalue weighted by Gasteiger charge is -2.04. The topological polar surface area (TPSA) is 67.1 Å². The SMILES string of the molecule is NNC(=O)Nc1ccc(F)cc1F. The largest absolute Gasteiger partial charge is 0.333 e. The molecule has 13 heavy (non-hydrogen) atoms. The average Bonchev–Trinajstić information content (AvgIpc) is 2.09. The number of carbonyl (C=O) groups excluding carboxylic acids is 1. The number of rotatable bonds is 1. The maximum Gasteiger partial charge on any atom is 0.333 e. The molecular weight excluding hydrogens is 180 g/mol. The summed E-state index contributed by atoms with van der Waals surface area (Å²) in [4.78, 5) is 10.6. The minimum absolute atomic E-state index is 0.135. The molecule has 0 radical (unpaired) electrons. The monoisotopic (exact) mass is 187 g/mol. The number of benzene rings is 1. The highest BCUT2D eigenvalue weighted by molar-refractivity contribution is 5.88. The Hall–Kier alpha value is -1.69. The number of nitrogens with one attached hydrogen (secondary N) is 2. The average molecular weight is 187 g/mol. The smallest absolute Gasteiger partial charge is 0.304 e. The van der Waals surface area contributed by atoms with E-state index >= 15 is 0 Å². The van der Waals surface area contributed by atoms with Crippen molar-refractivity contribution < 1.29 is 13.6 Å². The summed E-state index contributed by atoms with van der Waals surface area (Å²) in [7, 11) is 0. The maximum atomic E-state index is 12.8. The van der Waals surface area contributed by atoms with Gasteiger partial charge in [0.2, 0.25) is 0 Å². The molecule has 0 aliphatic carbocycles. The van der Waals surface area contributed by atoms with E-state index in [2.05, 4.69) is 5.32 Å². The fraction of sp³-hybridized carbons (Fsp3) is 0. The Morgan fingerprint density at radius 3 is 2.62 bits per heavy atom. The number of hydrazine groups is 1. The van der Waals surface area contributed by atoms with Gasteiger partial charge in [0, 0.05) is 6.07 Å². The second kappa shape index (κ2) is 3.81. The molecule has 0 aliphatic rings. The van der Waals surface area contributed by atoms with Gasteiger partial charge in [-0.2, -0.15) is 0 Å². The normalized spacial score (nSPS) is 9.46. The van der Waals surface area contributed by atoms with Gasteiger partial charge in [-0.25, -0.2) is 19.4 Å². The first-order chi connectivity index (χ1) is 6.13. The van der Waals surface area contributed by atoms with Crippen LogP contribution in [0.1, 0.15) is 0 Å². The van der Waals surface area contributed by atoms with E-state index < -0.39 is 17.7 Å². The molecule has 0 saturated carbocycles. The van der Waals surface area contributed by atoms with Crippen molar-refractivity contribution >= 4 is 11.7 Å². The molecule has 0 atom stereocenters. The Kier molecular flexibility index (Phi) is 2.76. The van der Waals surface area contributed by atoms with Gasteiger partial charge >= 0.3 is 6.03 Å². The molecule has 0 aliphatic heterocycles. The van der Waals surface area contributed by atoms with Crippen molar-refractivity contribution in [1.82, 2.24) is 5.43 Å². The van der Waals surface area contributed by atoms with Crippen LogP contribution >= 0.6 is 0 Å². The summed E-state index contributed by atoms with van der Waals surface area (Å²) in [5.74, 6) is 3.17. The van der Waals surface area contributed by atoms with Gasteiger partial charge < -0.3 is 5.32 Å². The van der Waals surface area contributed by atoms with E-state index in [4.69, 9.17) is 5.84 Å². The highest BCUT2D eigenvalue weighted by Crippen LogP contribution is 2.14. The predicted molar refractivity (Wildman–Crippen MR) is 42.7 cm³/mol. The number of anilines is 1. The second-order valence-corrected chi connectivity index (χ2v) is 2.22. The zero-order valence-electron chi connectivity index (χ0n) is 6.47. The Bertz CT molecular complexity index is 330. The molecule has 1 rings (SSSR count). The number of halogens is 2. The van der Waals surface area contributed by atoms with Crippen molar-refractivity contribution in [3.63, 3.8) is 0 Å². The van der Waals surface area contributed by atoms with Crippen LogP contribution in [0.2, 0.25) is 0 Å². The van der Waals surface area contributed by atoms with E-state index in [0.29, 0.717) is 6.07 Å². The standard InChI is InChI=1S/C7H7F2N3O/c8-4-1-2-6(5(9)3-4)11-7(13)12-10/h1-3H,10H2,(H2,11,12,13). The molecule has 0 unspecified atom stereocenters. The van der Waals surface area contributed by atoms with Crippen molar-refractivity contribution in [3.8, 4) is 0 Å². The predicted octanol–water partition coefficient (Wildman–Crippen LogP) is 0.960. The molecule has 2 amide bonds. The summed E-state index contributed by atoms with van der Waals surface area (Å²) in [6.45, 7) is 0. The van der Waals surface area contributed by atoms with Crippen molar-refractivity contribution in [2.24, 2.45) is 5.84 Å². The van der Waals surface area contributed by atoms with Gasteiger partial charge in [-0.05, 0) is 12.1 Å². The van der Waals surface area contributed by atoms with Crippen LogP contribution in [0, 0.1) is 11.6 Å². The molecule has 6 heteroatoms. The van der Waals surface area contributed by atoms with Crippen LogP contribution in [0.25, 0.3) is 0 Å². The molecule has 0 spiro atoms. The summed E-state index contributed by atoms with van der Waals surface area (Å²) in [5, 5.41) is 2.07. The molecule has 4 N–H and O–H groups in total. The Morgan fingerprint density at radius 2 is 2.08 bits per heavy atom. The lowest BCUT2D eigenvalue weighted by atomic mass is 10.3. The third-order valence-corrected chi connectivity index (χ3v) is 1.31. The number of hydrogen-bond donors (Lipinski definition) is 3. The lowest BCUT2D eigenvalue weighted by molar-refractivity contribution is 0.252. The zero-order valence-corrected chi connectivity index (χ0v) is 6.47. The van der Waals surface area contributed by atoms with Crippen molar-refractivity contribution in [1.29, 1.82) is 0 Å². The van der Waals surface area contributed by atoms with Crippen LogP contribution in [-0.2, 0) is 0 Å². The van der Waals surface area contributed by atoms with Crippen LogP contribution in [0.15, 0.2) is 18.2 Å². The highest BCUT2D eigenvalue weighted by atomic mass is 19.1. The van der Waals surface area contributed by atoms with Gasteiger partial charge in [0.25, 0.3) is 0 Å². The summed E-state index contributed by atoms with van der Waals surface area (Å²) in [6, 6.07) is 2.01. The molecule has 0 aromatic heterocycles. The summed E-state index contributed by atoms with van der Waals surface area (Å²) in [5.41, 5.74) is 1.61. The Morgan fingerprint density at radius 1 is 1.38 bits per heavy atom. The van der Waals surface area contributed by atoms with Gasteiger partial charge in [0.15, 0.2) is 0 Å². The fourth-order valence-electron chi connectivity index (χ4n) is 0.749. The number of amides is 2. The zero-order chi connectivity index (χ0) is 9.84. The Labute approximate surface area is 72.7 Å². The van der Waals surface area contributed by atoms with Gasteiger partial charge in [0.1, 0.15) is 11.6 Å². The van der Waals surface area contributed by atoms with Crippen molar-refractivity contribution in [2.75, 3.05) is 5.32 Å². The van der Waals surface area contributed by atoms with Gasteiger partial charge in [-0.15, -0.1) is 0 Å². The van der Waals surface area contributed by atoms with Crippen LogP contribution in [-0.4, -0.2) is 6.03 Å². The highest BCUT2D eigenvalue weighted by Gasteiger charge is 2.05. The number of carbonyl (C=O) groups is 1. The minimum atomic E-state index is -0.858. The summed E-state index contributed by atoms with van der Waals surface area (Å²) in [6.07, 6.45) is 0. The van der Waals surface area contributed by atoms with Crippen molar-refractivity contribution in [2.45, 2.75) is 0 Å². The van der Waals surface area contributed by atoms with E-state index in [0.717, 1.165) is 12.1 Å². The fourth-order valence-corrected chi connectivity index (χ4v) is 0.749. The first-order valence-electron chi connectivity index (χ1n) is 3.36. The van der Waals surface area contributed by atoms with Gasteiger partial charge in [-0.3, -0.25) is 5.43 Å². The van der Waals surface area contributed by atoms with E-state index in [1.54, 1.807) is 5.43 Å². The van der Waals surface area contributed by atoms with Crippen LogP contribution in [0.5, 0.6) is 0 Å². The van der Waals surface area contributed by atoms with Crippen LogP contribution in [0.4, 0.5) is 19.3 Å². The molecular formula is C7H7F2N3O. The van der Waals surface area contributed by atoms with E-state index in [9.17, 15) is 13.6 Å². The quantitative estimate of drug-likeness (QED) is 0.348. The number of nitrogens with two attached hydrogens (primary N) is 1. The van der Waals surface area contributed by atoms with Gasteiger partial charge in [0.05, 0.1) is 5.69 Å². The molecule has 0 heterocycles. The van der Waals surface area contributed by atoms with E-state index in [1.807, 2.05) is 0 Å². The molecule has 0 bridgehead atoms.